The molecule has 0 spiro atoms. The van der Waals surface area contributed by atoms with Gasteiger partial charge in [0.1, 0.15) is 6.61 Å². The molecule has 0 saturated carbocycles. The molecule has 35 heavy (non-hydrogen) atoms. The van der Waals surface area contributed by atoms with E-state index in [1.165, 1.54) is 18.5 Å². The summed E-state index contributed by atoms with van der Waals surface area (Å²) in [6, 6.07) is 7.19. The Hall–Kier alpha value is -3.57. The lowest BCUT2D eigenvalue weighted by atomic mass is 9.92. The number of anilines is 1. The summed E-state index contributed by atoms with van der Waals surface area (Å²) in [5, 5.41) is 11.6. The van der Waals surface area contributed by atoms with Crippen LogP contribution in [0.1, 0.15) is 27.2 Å². The van der Waals surface area contributed by atoms with Crippen LogP contribution in [0, 0.1) is 6.92 Å². The molecule has 184 valence electrons. The molecule has 11 heteroatoms. The maximum Gasteiger partial charge on any atom is 0.416 e. The largest absolute Gasteiger partial charge is 0.475 e. The highest BCUT2D eigenvalue weighted by molar-refractivity contribution is 6.04. The van der Waals surface area contributed by atoms with Gasteiger partial charge in [-0.15, -0.1) is 0 Å². The Kier molecular flexibility index (Phi) is 6.73. The number of aliphatic hydroxyl groups is 1. The van der Waals surface area contributed by atoms with E-state index in [0.29, 0.717) is 16.8 Å². The minimum absolute atomic E-state index is 0.0354. The molecule has 1 aromatic carbocycles. The first kappa shape index (κ1) is 24.6. The van der Waals surface area contributed by atoms with Crippen LogP contribution in [0.2, 0.25) is 0 Å². The van der Waals surface area contributed by atoms with Gasteiger partial charge in [0, 0.05) is 28.6 Å². The van der Waals surface area contributed by atoms with Gasteiger partial charge in [0.25, 0.3) is 5.91 Å². The number of amides is 1. The average molecular weight is 491 g/mol. The maximum absolute atomic E-state index is 15.2. The lowest BCUT2D eigenvalue weighted by Crippen LogP contribution is -2.43. The van der Waals surface area contributed by atoms with Crippen molar-refractivity contribution < 1.29 is 36.9 Å². The van der Waals surface area contributed by atoms with Gasteiger partial charge in [0.15, 0.2) is 5.67 Å². The molecule has 1 saturated heterocycles. The fourth-order valence-corrected chi connectivity index (χ4v) is 3.55. The number of halogens is 4. The summed E-state index contributed by atoms with van der Waals surface area (Å²) in [5.41, 5.74) is -0.944. The van der Waals surface area contributed by atoms with E-state index in [2.05, 4.69) is 15.3 Å². The van der Waals surface area contributed by atoms with E-state index in [1.807, 2.05) is 0 Å². The molecule has 1 amide bonds. The van der Waals surface area contributed by atoms with Gasteiger partial charge in [-0.1, -0.05) is 6.07 Å². The lowest BCUT2D eigenvalue weighted by Gasteiger charge is -2.34. The number of carbonyl (C=O) groups excluding carboxylic acids is 1. The minimum Gasteiger partial charge on any atom is -0.475 e. The molecule has 0 unspecified atom stereocenters. The topological polar surface area (TPSA) is 93.6 Å². The molecule has 3 aromatic rings. The van der Waals surface area contributed by atoms with Crippen molar-refractivity contribution in [2.75, 3.05) is 31.7 Å². The van der Waals surface area contributed by atoms with Gasteiger partial charge in [-0.2, -0.15) is 13.2 Å². The Morgan fingerprint density at radius 2 is 1.97 bits per heavy atom. The van der Waals surface area contributed by atoms with E-state index in [9.17, 15) is 18.0 Å². The van der Waals surface area contributed by atoms with Crippen LogP contribution in [-0.2, 0) is 16.6 Å². The fourth-order valence-electron chi connectivity index (χ4n) is 3.55. The summed E-state index contributed by atoms with van der Waals surface area (Å²) < 4.78 is 64.6. The van der Waals surface area contributed by atoms with E-state index < -0.39 is 23.3 Å². The number of pyridine rings is 2. The van der Waals surface area contributed by atoms with Crippen molar-refractivity contribution in [2.24, 2.45) is 0 Å². The van der Waals surface area contributed by atoms with Crippen molar-refractivity contribution >= 4 is 11.6 Å². The predicted octanol–water partition coefficient (Wildman–Crippen LogP) is 4.29. The van der Waals surface area contributed by atoms with E-state index in [-0.39, 0.29) is 49.1 Å². The number of nitrogens with one attached hydrogen (secondary N) is 1. The van der Waals surface area contributed by atoms with E-state index in [4.69, 9.17) is 14.6 Å². The molecular formula is C24H21F4N3O4. The first-order valence-corrected chi connectivity index (χ1v) is 10.6. The number of hydrogen-bond donors (Lipinski definition) is 2. The van der Waals surface area contributed by atoms with Crippen LogP contribution < -0.4 is 10.1 Å². The van der Waals surface area contributed by atoms with Crippen molar-refractivity contribution in [3.63, 3.8) is 0 Å². The monoisotopic (exact) mass is 491 g/mol. The Morgan fingerprint density at radius 1 is 1.20 bits per heavy atom. The number of hydrogen-bond acceptors (Lipinski definition) is 6. The molecule has 1 aliphatic heterocycles. The SMILES string of the molecule is Cc1ncc(NC(=O)c2cccc(C(F)(F)F)c2)cc1-c1cnc(OCCO)c(C2(F)COC2)c1. The Balaban J connectivity index is 1.64. The number of aryl methyl sites for hydroxylation is 1. The number of carbonyl (C=O) groups is 1. The van der Waals surface area contributed by atoms with Gasteiger partial charge >= 0.3 is 6.18 Å². The van der Waals surface area contributed by atoms with Crippen molar-refractivity contribution in [1.29, 1.82) is 0 Å². The summed E-state index contributed by atoms with van der Waals surface area (Å²) in [6.07, 6.45) is -1.76. The van der Waals surface area contributed by atoms with Crippen molar-refractivity contribution in [2.45, 2.75) is 18.8 Å². The second-order valence-electron chi connectivity index (χ2n) is 8.00. The molecule has 0 bridgehead atoms. The van der Waals surface area contributed by atoms with E-state index >= 15 is 4.39 Å². The zero-order valence-corrected chi connectivity index (χ0v) is 18.5. The molecule has 3 heterocycles. The van der Waals surface area contributed by atoms with Gasteiger partial charge < -0.3 is 19.9 Å². The Labute approximate surface area is 197 Å². The summed E-state index contributed by atoms with van der Waals surface area (Å²) in [6.45, 7) is 1.04. The first-order chi connectivity index (χ1) is 16.6. The van der Waals surface area contributed by atoms with Gasteiger partial charge in [-0.25, -0.2) is 9.37 Å². The van der Waals surface area contributed by atoms with Crippen LogP contribution in [0.25, 0.3) is 11.1 Å². The summed E-state index contributed by atoms with van der Waals surface area (Å²) in [7, 11) is 0. The van der Waals surface area contributed by atoms with Gasteiger partial charge in [-0.05, 0) is 37.3 Å². The second kappa shape index (κ2) is 9.59. The predicted molar refractivity (Wildman–Crippen MR) is 118 cm³/mol. The molecular weight excluding hydrogens is 470 g/mol. The third-order valence-electron chi connectivity index (χ3n) is 5.43. The normalized spacial score (nSPS) is 14.8. The van der Waals surface area contributed by atoms with E-state index in [1.54, 1.807) is 19.1 Å². The molecule has 0 atom stereocenters. The number of aromatic nitrogens is 2. The van der Waals surface area contributed by atoms with Crippen molar-refractivity contribution in [3.05, 3.63) is 71.2 Å². The zero-order valence-electron chi connectivity index (χ0n) is 18.5. The third kappa shape index (κ3) is 5.25. The van der Waals surface area contributed by atoms with Crippen molar-refractivity contribution in [3.8, 4) is 17.0 Å². The lowest BCUT2D eigenvalue weighted by molar-refractivity contribution is -0.137. The van der Waals surface area contributed by atoms with Crippen LogP contribution in [0.4, 0.5) is 23.2 Å². The molecule has 1 aliphatic rings. The van der Waals surface area contributed by atoms with Crippen LogP contribution >= 0.6 is 0 Å². The van der Waals surface area contributed by atoms with Crippen LogP contribution in [-0.4, -0.2) is 47.4 Å². The number of rotatable bonds is 7. The molecule has 0 radical (unpaired) electrons. The standard InChI is InChI=1S/C24H21F4N3O4/c1-14-19(16-8-20(23(25)12-34-13-23)22(30-10-16)35-6-5-32)9-18(11-29-14)31-21(33)15-3-2-4-17(7-15)24(26,27)28/h2-4,7-11,32H,5-6,12-13H2,1H3,(H,31,33). The Bertz CT molecular complexity index is 1250. The van der Waals surface area contributed by atoms with Crippen LogP contribution in [0.5, 0.6) is 5.88 Å². The van der Waals surface area contributed by atoms with Gasteiger partial charge in [0.05, 0.1) is 42.8 Å². The minimum atomic E-state index is -4.58. The van der Waals surface area contributed by atoms with Gasteiger partial charge in [0.2, 0.25) is 5.88 Å². The zero-order chi connectivity index (χ0) is 25.2. The molecule has 7 nitrogen and oxygen atoms in total. The number of nitrogens with zero attached hydrogens (tertiary/aromatic N) is 2. The molecule has 1 fully saturated rings. The highest BCUT2D eigenvalue weighted by Gasteiger charge is 2.44. The molecule has 2 N–H and O–H groups in total. The molecule has 0 aliphatic carbocycles. The second-order valence-corrected chi connectivity index (χ2v) is 8.00. The van der Waals surface area contributed by atoms with Gasteiger partial charge in [-0.3, -0.25) is 9.78 Å². The Morgan fingerprint density at radius 3 is 2.63 bits per heavy atom. The molecule has 2 aromatic heterocycles. The third-order valence-corrected chi connectivity index (χ3v) is 5.43. The summed E-state index contributed by atoms with van der Waals surface area (Å²) >= 11 is 0. The summed E-state index contributed by atoms with van der Waals surface area (Å²) in [5.74, 6) is -0.707. The maximum atomic E-state index is 15.2. The number of benzene rings is 1. The van der Waals surface area contributed by atoms with Crippen molar-refractivity contribution in [1.82, 2.24) is 9.97 Å². The summed E-state index contributed by atoms with van der Waals surface area (Å²) in [4.78, 5) is 21.0. The molecule has 4 rings (SSSR count). The highest BCUT2D eigenvalue weighted by Crippen LogP contribution is 2.40. The fraction of sp³-hybridized carbons (Fsp3) is 0.292. The smallest absolute Gasteiger partial charge is 0.416 e. The van der Waals surface area contributed by atoms with Crippen LogP contribution in [0.3, 0.4) is 0 Å². The number of aliphatic hydroxyl groups excluding tert-OH is 1. The quantitative estimate of drug-likeness (QED) is 0.479. The highest BCUT2D eigenvalue weighted by atomic mass is 19.4. The average Bonchev–Trinajstić information content (AvgIpc) is 2.82. The number of ether oxygens (including phenoxy) is 2. The first-order valence-electron chi connectivity index (χ1n) is 10.6. The van der Waals surface area contributed by atoms with E-state index in [0.717, 1.165) is 18.2 Å². The van der Waals surface area contributed by atoms with Crippen LogP contribution in [0.15, 0.2) is 48.8 Å². The number of alkyl halides is 4.